The number of hydrogen-bond acceptors (Lipinski definition) is 6. The second-order valence-electron chi connectivity index (χ2n) is 5.79. The van der Waals surface area contributed by atoms with Crippen LogP contribution in [0.3, 0.4) is 0 Å². The van der Waals surface area contributed by atoms with E-state index in [1.807, 2.05) is 9.58 Å². The van der Waals surface area contributed by atoms with Gasteiger partial charge < -0.3 is 10.0 Å². The van der Waals surface area contributed by atoms with Gasteiger partial charge in [0, 0.05) is 19.7 Å². The second kappa shape index (κ2) is 6.74. The molecule has 1 aromatic rings. The summed E-state index contributed by atoms with van der Waals surface area (Å²) in [5.74, 6) is 0.973. The summed E-state index contributed by atoms with van der Waals surface area (Å²) in [4.78, 5) is 14.2. The zero-order valence-electron chi connectivity index (χ0n) is 12.0. The lowest BCUT2D eigenvalue weighted by Crippen LogP contribution is -2.41. The Hall–Kier alpha value is -1.15. The number of likely N-dealkylation sites (tertiary alicyclic amines) is 1. The normalized spacial score (nSPS) is 22.5. The largest absolute Gasteiger partial charge is 0.396 e. The highest BCUT2D eigenvalue weighted by atomic mass is 32.2. The maximum absolute atomic E-state index is 12.3. The quantitative estimate of drug-likeness (QED) is 0.779. The molecule has 2 heterocycles. The Labute approximate surface area is 128 Å². The predicted molar refractivity (Wildman–Crippen MR) is 77.8 cm³/mol. The molecule has 1 saturated heterocycles. The van der Waals surface area contributed by atoms with Crippen molar-refractivity contribution >= 4 is 17.7 Å². The number of tetrazole rings is 1. The van der Waals surface area contributed by atoms with Gasteiger partial charge >= 0.3 is 0 Å². The Morgan fingerprint density at radius 1 is 1.38 bits per heavy atom. The molecular formula is C13H21N5O2S. The van der Waals surface area contributed by atoms with Gasteiger partial charge in [0.1, 0.15) is 0 Å². The Bertz CT molecular complexity index is 489. The van der Waals surface area contributed by atoms with Crippen LogP contribution in [0.4, 0.5) is 0 Å². The number of aromatic nitrogens is 4. The minimum Gasteiger partial charge on any atom is -0.396 e. The van der Waals surface area contributed by atoms with Crippen molar-refractivity contribution in [3.63, 3.8) is 0 Å². The van der Waals surface area contributed by atoms with Crippen molar-refractivity contribution in [2.45, 2.75) is 43.3 Å². The summed E-state index contributed by atoms with van der Waals surface area (Å²) in [6.07, 6.45) is 5.18. The molecule has 116 valence electrons. The molecule has 8 heteroatoms. The van der Waals surface area contributed by atoms with Crippen LogP contribution in [0.5, 0.6) is 0 Å². The number of nitrogens with zero attached hydrogens (tertiary/aromatic N) is 5. The number of amides is 1. The van der Waals surface area contributed by atoms with E-state index in [9.17, 15) is 4.79 Å². The fourth-order valence-electron chi connectivity index (χ4n) is 2.76. The molecule has 0 spiro atoms. The molecule has 1 amide bonds. The van der Waals surface area contributed by atoms with Gasteiger partial charge in [-0.25, -0.2) is 4.68 Å². The average molecular weight is 311 g/mol. The number of thioether (sulfide) groups is 1. The number of hydrogen-bond donors (Lipinski definition) is 1. The third-order valence-electron chi connectivity index (χ3n) is 4.09. The SMILES string of the molecule is O=C(CSc1nnnn1C1CC1)N1CCCC(CCO)C1. The van der Waals surface area contributed by atoms with E-state index >= 15 is 0 Å². The molecule has 1 aliphatic heterocycles. The monoisotopic (exact) mass is 311 g/mol. The molecule has 1 unspecified atom stereocenters. The van der Waals surface area contributed by atoms with E-state index in [0.717, 1.165) is 50.4 Å². The van der Waals surface area contributed by atoms with Crippen molar-refractivity contribution in [2.75, 3.05) is 25.4 Å². The van der Waals surface area contributed by atoms with E-state index in [2.05, 4.69) is 15.5 Å². The van der Waals surface area contributed by atoms with Crippen LogP contribution in [0, 0.1) is 5.92 Å². The first-order valence-electron chi connectivity index (χ1n) is 7.57. The summed E-state index contributed by atoms with van der Waals surface area (Å²) >= 11 is 1.42. The van der Waals surface area contributed by atoms with E-state index in [0.29, 0.717) is 17.7 Å². The van der Waals surface area contributed by atoms with Gasteiger partial charge in [0.2, 0.25) is 11.1 Å². The predicted octanol–water partition coefficient (Wildman–Crippen LogP) is 0.721. The first-order valence-corrected chi connectivity index (χ1v) is 8.56. The van der Waals surface area contributed by atoms with Gasteiger partial charge in [0.05, 0.1) is 11.8 Å². The van der Waals surface area contributed by atoms with Crippen molar-refractivity contribution in [2.24, 2.45) is 5.92 Å². The molecule has 0 radical (unpaired) electrons. The van der Waals surface area contributed by atoms with E-state index in [1.54, 1.807) is 0 Å². The molecule has 0 bridgehead atoms. The lowest BCUT2D eigenvalue weighted by atomic mass is 9.95. The molecule has 1 N–H and O–H groups in total. The minimum atomic E-state index is 0.146. The Morgan fingerprint density at radius 3 is 3.00 bits per heavy atom. The standard InChI is InChI=1S/C13H21N5O2S/c19-7-5-10-2-1-6-17(8-10)12(20)9-21-13-14-15-16-18(13)11-3-4-11/h10-11,19H,1-9H2. The number of aliphatic hydroxyl groups is 1. The van der Waals surface area contributed by atoms with E-state index < -0.39 is 0 Å². The van der Waals surface area contributed by atoms with Gasteiger partial charge in [-0.05, 0) is 48.4 Å². The van der Waals surface area contributed by atoms with Gasteiger partial charge in [0.15, 0.2) is 0 Å². The van der Waals surface area contributed by atoms with Gasteiger partial charge in [-0.2, -0.15) is 0 Å². The van der Waals surface area contributed by atoms with E-state index in [1.165, 1.54) is 11.8 Å². The fourth-order valence-corrected chi connectivity index (χ4v) is 3.60. The molecule has 21 heavy (non-hydrogen) atoms. The van der Waals surface area contributed by atoms with E-state index in [-0.39, 0.29) is 12.5 Å². The maximum Gasteiger partial charge on any atom is 0.233 e. The maximum atomic E-state index is 12.3. The Kier molecular flexibility index (Phi) is 4.74. The summed E-state index contributed by atoms with van der Waals surface area (Å²) in [7, 11) is 0. The average Bonchev–Trinajstić information content (AvgIpc) is 3.24. The van der Waals surface area contributed by atoms with Crippen LogP contribution in [0.2, 0.25) is 0 Å². The molecule has 2 aliphatic rings. The van der Waals surface area contributed by atoms with Crippen LogP contribution in [-0.4, -0.2) is 61.6 Å². The summed E-state index contributed by atoms with van der Waals surface area (Å²) in [5, 5.41) is 21.5. The van der Waals surface area contributed by atoms with Crippen LogP contribution in [0.15, 0.2) is 5.16 Å². The van der Waals surface area contributed by atoms with Crippen LogP contribution >= 0.6 is 11.8 Å². The molecule has 1 aliphatic carbocycles. The van der Waals surface area contributed by atoms with Gasteiger partial charge in [-0.3, -0.25) is 4.79 Å². The first kappa shape index (κ1) is 14.8. The molecule has 1 atom stereocenters. The number of piperidine rings is 1. The van der Waals surface area contributed by atoms with Crippen molar-refractivity contribution in [1.82, 2.24) is 25.1 Å². The smallest absolute Gasteiger partial charge is 0.233 e. The van der Waals surface area contributed by atoms with Crippen molar-refractivity contribution in [3.05, 3.63) is 0 Å². The van der Waals surface area contributed by atoms with Crippen LogP contribution in [0.25, 0.3) is 0 Å². The van der Waals surface area contributed by atoms with Gasteiger partial charge in [0.25, 0.3) is 0 Å². The molecule has 1 aromatic heterocycles. The molecule has 7 nitrogen and oxygen atoms in total. The van der Waals surface area contributed by atoms with E-state index in [4.69, 9.17) is 5.11 Å². The number of rotatable bonds is 6. The van der Waals surface area contributed by atoms with Crippen LogP contribution in [0.1, 0.15) is 38.1 Å². The summed E-state index contributed by atoms with van der Waals surface area (Å²) in [5.41, 5.74) is 0. The molecule has 2 fully saturated rings. The molecule has 0 aromatic carbocycles. The topological polar surface area (TPSA) is 84.1 Å². The van der Waals surface area contributed by atoms with Crippen LogP contribution < -0.4 is 0 Å². The Morgan fingerprint density at radius 2 is 2.24 bits per heavy atom. The highest BCUT2D eigenvalue weighted by molar-refractivity contribution is 7.99. The van der Waals surface area contributed by atoms with Crippen molar-refractivity contribution in [3.8, 4) is 0 Å². The molecule has 3 rings (SSSR count). The summed E-state index contributed by atoms with van der Waals surface area (Å²) in [6, 6.07) is 0.432. The summed E-state index contributed by atoms with van der Waals surface area (Å²) < 4.78 is 1.84. The van der Waals surface area contributed by atoms with Gasteiger partial charge in [-0.1, -0.05) is 11.8 Å². The first-order chi connectivity index (χ1) is 10.3. The zero-order valence-corrected chi connectivity index (χ0v) is 12.8. The zero-order chi connectivity index (χ0) is 14.7. The second-order valence-corrected chi connectivity index (χ2v) is 6.73. The fraction of sp³-hybridized carbons (Fsp3) is 0.846. The number of carbonyl (C=O) groups is 1. The number of carbonyl (C=O) groups excluding carboxylic acids is 1. The minimum absolute atomic E-state index is 0.146. The highest BCUT2D eigenvalue weighted by Gasteiger charge is 2.29. The van der Waals surface area contributed by atoms with Gasteiger partial charge in [-0.15, -0.1) is 5.10 Å². The molecule has 1 saturated carbocycles. The lowest BCUT2D eigenvalue weighted by Gasteiger charge is -2.32. The van der Waals surface area contributed by atoms with Crippen molar-refractivity contribution in [1.29, 1.82) is 0 Å². The highest BCUT2D eigenvalue weighted by Crippen LogP contribution is 2.36. The Balaban J connectivity index is 1.50. The van der Waals surface area contributed by atoms with Crippen molar-refractivity contribution < 1.29 is 9.90 Å². The summed E-state index contributed by atoms with van der Waals surface area (Å²) in [6.45, 7) is 1.81. The third-order valence-corrected chi connectivity index (χ3v) is 5.01. The lowest BCUT2D eigenvalue weighted by molar-refractivity contribution is -0.130. The molecular weight excluding hydrogens is 290 g/mol. The number of aliphatic hydroxyl groups excluding tert-OH is 1. The third kappa shape index (κ3) is 3.74. The van der Waals surface area contributed by atoms with Crippen LogP contribution in [-0.2, 0) is 4.79 Å².